The number of rotatable bonds is 4. The Morgan fingerprint density at radius 1 is 1.31 bits per heavy atom. The first-order chi connectivity index (χ1) is 14.6. The first-order valence-electron chi connectivity index (χ1n) is 10.9. The summed E-state index contributed by atoms with van der Waals surface area (Å²) < 4.78 is 32.5. The number of hydrogen-bond acceptors (Lipinski definition) is 6. The highest BCUT2D eigenvalue weighted by Crippen LogP contribution is 2.70. The third kappa shape index (κ3) is 2.95. The largest absolute Gasteiger partial charge is 0.470 e. The molecule has 0 spiro atoms. The zero-order chi connectivity index (χ0) is 23.9. The van der Waals surface area contributed by atoms with Crippen LogP contribution in [0.4, 0.5) is 4.39 Å². The Balaban J connectivity index is 1.74. The van der Waals surface area contributed by atoms with Crippen LogP contribution in [0.2, 0.25) is 0 Å². The predicted molar refractivity (Wildman–Crippen MR) is 111 cm³/mol. The molecule has 8 atom stereocenters. The van der Waals surface area contributed by atoms with Gasteiger partial charge >= 0.3 is 7.82 Å². The maximum atomic E-state index is 17.0. The first kappa shape index (κ1) is 23.9. The lowest BCUT2D eigenvalue weighted by Crippen LogP contribution is -2.69. The number of fused-ring (bicyclic) bond motifs is 5. The van der Waals surface area contributed by atoms with Crippen LogP contribution in [0.15, 0.2) is 23.8 Å². The van der Waals surface area contributed by atoms with Crippen LogP contribution in [-0.2, 0) is 18.7 Å². The number of phosphoric ester groups is 1. The van der Waals surface area contributed by atoms with Gasteiger partial charge in [-0.05, 0) is 56.6 Å². The number of Topliss-reactive ketones (excluding diaryl/α,β-unsaturated/α-hetero) is 1. The van der Waals surface area contributed by atoms with Crippen molar-refractivity contribution in [1.29, 1.82) is 0 Å². The molecule has 4 rings (SSSR count). The minimum atomic E-state index is -4.93. The topological polar surface area (TPSA) is 141 Å². The number of halogens is 1. The van der Waals surface area contributed by atoms with Crippen molar-refractivity contribution in [3.8, 4) is 0 Å². The Morgan fingerprint density at radius 2 is 1.97 bits per heavy atom. The van der Waals surface area contributed by atoms with Crippen LogP contribution in [-0.4, -0.2) is 55.5 Å². The van der Waals surface area contributed by atoms with E-state index in [-0.39, 0.29) is 12.2 Å². The lowest BCUT2D eigenvalue weighted by molar-refractivity contribution is -0.219. The second-order valence-electron chi connectivity index (χ2n) is 10.4. The third-order valence-electron chi connectivity index (χ3n) is 9.01. The number of alkyl halides is 1. The normalized spacial score (nSPS) is 48.0. The standard InChI is InChI=1S/C22H30FO8P/c1-12-8-16-15-5-4-13-9-14(24)6-7-19(13,2)21(15,23)17(25)10-20(16,3)22(12,27)18(26)11-31-32(28,29)30/h6-7,9,12,15-17,25,27H,4-5,8,10-11H2,1-3H3,(H2,28,29,30)/t12-,15+,16+,17+,19+,20+,21+,22-/m1/s1. The monoisotopic (exact) mass is 472 g/mol. The van der Waals surface area contributed by atoms with Crippen LogP contribution in [0.3, 0.4) is 0 Å². The smallest absolute Gasteiger partial charge is 0.390 e. The molecule has 0 aromatic carbocycles. The number of hydrogen-bond donors (Lipinski definition) is 4. The molecule has 178 valence electrons. The zero-order valence-electron chi connectivity index (χ0n) is 18.3. The van der Waals surface area contributed by atoms with Crippen molar-refractivity contribution < 1.29 is 43.1 Å². The number of carbonyl (C=O) groups excluding carboxylic acids is 2. The van der Waals surface area contributed by atoms with Gasteiger partial charge in [-0.15, -0.1) is 0 Å². The molecule has 3 fully saturated rings. The zero-order valence-corrected chi connectivity index (χ0v) is 19.2. The number of carbonyl (C=O) groups is 2. The molecule has 0 unspecified atom stereocenters. The quantitative estimate of drug-likeness (QED) is 0.456. The molecular formula is C22H30FO8P. The Morgan fingerprint density at radius 3 is 2.59 bits per heavy atom. The lowest BCUT2D eigenvalue weighted by atomic mass is 9.44. The average Bonchev–Trinajstić information content (AvgIpc) is 2.89. The molecule has 8 nitrogen and oxygen atoms in total. The Labute approximate surface area is 185 Å². The molecule has 0 aromatic rings. The van der Waals surface area contributed by atoms with Gasteiger partial charge in [0.15, 0.2) is 17.2 Å². The number of allylic oxidation sites excluding steroid dienone is 4. The maximum absolute atomic E-state index is 17.0. The highest BCUT2D eigenvalue weighted by atomic mass is 31.2. The Kier molecular flexibility index (Phi) is 5.34. The van der Waals surface area contributed by atoms with Gasteiger partial charge in [0.1, 0.15) is 12.2 Å². The summed E-state index contributed by atoms with van der Waals surface area (Å²) in [7, 11) is -4.93. The lowest BCUT2D eigenvalue weighted by Gasteiger charge is -2.62. The van der Waals surface area contributed by atoms with E-state index in [2.05, 4.69) is 4.52 Å². The Bertz CT molecular complexity index is 973. The summed E-state index contributed by atoms with van der Waals surface area (Å²) in [6.07, 6.45) is 3.70. The van der Waals surface area contributed by atoms with Crippen LogP contribution in [0.5, 0.6) is 0 Å². The van der Waals surface area contributed by atoms with Crippen LogP contribution in [0.25, 0.3) is 0 Å². The number of aliphatic hydroxyl groups excluding tert-OH is 1. The highest BCUT2D eigenvalue weighted by Gasteiger charge is 2.75. The summed E-state index contributed by atoms with van der Waals surface area (Å²) in [4.78, 5) is 42.8. The van der Waals surface area contributed by atoms with Crippen LogP contribution in [0.1, 0.15) is 46.5 Å². The van der Waals surface area contributed by atoms with E-state index in [1.54, 1.807) is 20.8 Å². The fourth-order valence-corrected chi connectivity index (χ4v) is 7.68. The van der Waals surface area contributed by atoms with E-state index in [9.17, 15) is 24.4 Å². The van der Waals surface area contributed by atoms with E-state index < -0.39 is 66.2 Å². The summed E-state index contributed by atoms with van der Waals surface area (Å²) in [5, 5.41) is 22.8. The number of aliphatic hydroxyl groups is 2. The van der Waals surface area contributed by atoms with Gasteiger partial charge in [0.2, 0.25) is 0 Å². The molecule has 0 heterocycles. The van der Waals surface area contributed by atoms with Gasteiger partial charge in [-0.25, -0.2) is 8.96 Å². The summed E-state index contributed by atoms with van der Waals surface area (Å²) >= 11 is 0. The summed E-state index contributed by atoms with van der Waals surface area (Å²) in [6.45, 7) is 4.00. The molecule has 0 amide bonds. The van der Waals surface area contributed by atoms with Crippen molar-refractivity contribution in [3.63, 3.8) is 0 Å². The average molecular weight is 472 g/mol. The number of phosphoric acid groups is 1. The molecule has 4 aliphatic rings. The van der Waals surface area contributed by atoms with Crippen LogP contribution < -0.4 is 0 Å². The SMILES string of the molecule is C[C@@H]1C[C@H]2[C@@H]3CCC4=CC(=O)C=C[C@]4(C)[C@@]3(F)[C@@H](O)C[C@]2(C)[C@]1(O)C(=O)COP(=O)(O)O. The van der Waals surface area contributed by atoms with Crippen LogP contribution >= 0.6 is 7.82 Å². The van der Waals surface area contributed by atoms with Crippen molar-refractivity contribution in [2.24, 2.45) is 28.6 Å². The molecule has 0 aromatic heterocycles. The predicted octanol–water partition coefficient (Wildman–Crippen LogP) is 2.01. The summed E-state index contributed by atoms with van der Waals surface area (Å²) in [6, 6.07) is 0. The molecular weight excluding hydrogens is 442 g/mol. The molecule has 0 radical (unpaired) electrons. The van der Waals surface area contributed by atoms with Crippen molar-refractivity contribution in [2.45, 2.75) is 63.8 Å². The second kappa shape index (κ2) is 7.14. The van der Waals surface area contributed by atoms with E-state index in [0.717, 1.165) is 0 Å². The van der Waals surface area contributed by atoms with Crippen molar-refractivity contribution in [2.75, 3.05) is 6.61 Å². The fraction of sp³-hybridized carbons (Fsp3) is 0.727. The minimum absolute atomic E-state index is 0.211. The molecule has 3 saturated carbocycles. The second-order valence-corrected chi connectivity index (χ2v) is 11.6. The van der Waals surface area contributed by atoms with E-state index in [4.69, 9.17) is 9.79 Å². The third-order valence-corrected chi connectivity index (χ3v) is 9.48. The van der Waals surface area contributed by atoms with E-state index >= 15 is 4.39 Å². The molecule has 0 bridgehead atoms. The highest BCUT2D eigenvalue weighted by molar-refractivity contribution is 7.46. The Hall–Kier alpha value is -1.22. The van der Waals surface area contributed by atoms with Gasteiger partial charge in [0.25, 0.3) is 0 Å². The van der Waals surface area contributed by atoms with Crippen molar-refractivity contribution in [1.82, 2.24) is 0 Å². The van der Waals surface area contributed by atoms with Gasteiger partial charge in [-0.3, -0.25) is 14.1 Å². The van der Waals surface area contributed by atoms with Crippen molar-refractivity contribution in [3.05, 3.63) is 23.8 Å². The minimum Gasteiger partial charge on any atom is -0.390 e. The molecule has 4 N–H and O–H groups in total. The number of ketones is 2. The van der Waals surface area contributed by atoms with E-state index in [1.165, 1.54) is 18.2 Å². The van der Waals surface area contributed by atoms with E-state index in [1.807, 2.05) is 0 Å². The maximum Gasteiger partial charge on any atom is 0.470 e. The van der Waals surface area contributed by atoms with Gasteiger partial charge < -0.3 is 20.0 Å². The molecule has 0 saturated heterocycles. The molecule has 4 aliphatic carbocycles. The first-order valence-corrected chi connectivity index (χ1v) is 12.4. The van der Waals surface area contributed by atoms with Gasteiger partial charge in [-0.2, -0.15) is 0 Å². The van der Waals surface area contributed by atoms with E-state index in [0.29, 0.717) is 24.8 Å². The fourth-order valence-electron chi connectivity index (χ4n) is 7.39. The van der Waals surface area contributed by atoms with Gasteiger partial charge in [0.05, 0.1) is 6.10 Å². The van der Waals surface area contributed by atoms with Crippen molar-refractivity contribution >= 4 is 19.4 Å². The van der Waals surface area contributed by atoms with Crippen LogP contribution in [0, 0.1) is 28.6 Å². The van der Waals surface area contributed by atoms with Gasteiger partial charge in [0, 0.05) is 16.7 Å². The molecule has 0 aliphatic heterocycles. The molecule has 10 heteroatoms. The molecule has 32 heavy (non-hydrogen) atoms. The summed E-state index contributed by atoms with van der Waals surface area (Å²) in [5.74, 6) is -2.87. The summed E-state index contributed by atoms with van der Waals surface area (Å²) in [5.41, 5.74) is -5.88. The van der Waals surface area contributed by atoms with Gasteiger partial charge in [-0.1, -0.05) is 25.5 Å².